The molecule has 6 nitrogen and oxygen atoms in total. The van der Waals surface area contributed by atoms with Crippen LogP contribution in [0.3, 0.4) is 0 Å². The van der Waals surface area contributed by atoms with E-state index in [0.29, 0.717) is 16.5 Å². The fraction of sp³-hybridized carbons (Fsp3) is 0.444. The van der Waals surface area contributed by atoms with Gasteiger partial charge in [-0.15, -0.1) is 0 Å². The third-order valence-electron chi connectivity index (χ3n) is 3.40. The Morgan fingerprint density at radius 1 is 1.24 bits per heavy atom. The van der Waals surface area contributed by atoms with Crippen LogP contribution in [0.1, 0.15) is 50.7 Å². The molecule has 0 fully saturated rings. The van der Waals surface area contributed by atoms with E-state index in [1.807, 2.05) is 32.2 Å². The van der Waals surface area contributed by atoms with Gasteiger partial charge in [-0.1, -0.05) is 32.5 Å². The second-order valence-corrected chi connectivity index (χ2v) is 7.83. The second kappa shape index (κ2) is 7.82. The molecule has 134 valence electrons. The number of rotatable bonds is 5. The molecule has 2 N–H and O–H groups in total. The van der Waals surface area contributed by atoms with Crippen LogP contribution in [0.5, 0.6) is 0 Å². The SMILES string of the molecule is CSc1ncc(C(=O)NC(C)C)c(Nc2ccnc(C(C)(C)C)c2)n1. The maximum absolute atomic E-state index is 12.4. The molecule has 0 atom stereocenters. The lowest BCUT2D eigenvalue weighted by Crippen LogP contribution is -2.31. The Morgan fingerprint density at radius 3 is 2.56 bits per heavy atom. The summed E-state index contributed by atoms with van der Waals surface area (Å²) in [6, 6.07) is 3.87. The van der Waals surface area contributed by atoms with E-state index >= 15 is 0 Å². The van der Waals surface area contributed by atoms with Gasteiger partial charge in [0.2, 0.25) is 0 Å². The Balaban J connectivity index is 2.39. The summed E-state index contributed by atoms with van der Waals surface area (Å²) >= 11 is 1.43. The molecule has 0 aliphatic carbocycles. The van der Waals surface area contributed by atoms with Crippen LogP contribution in [-0.4, -0.2) is 33.2 Å². The normalized spacial score (nSPS) is 11.5. The van der Waals surface area contributed by atoms with E-state index in [9.17, 15) is 4.79 Å². The first-order chi connectivity index (χ1) is 11.7. The molecule has 0 aromatic carbocycles. The summed E-state index contributed by atoms with van der Waals surface area (Å²) in [5.41, 5.74) is 2.15. The van der Waals surface area contributed by atoms with Crippen molar-refractivity contribution in [3.63, 3.8) is 0 Å². The zero-order valence-electron chi connectivity index (χ0n) is 15.5. The molecular formula is C18H25N5OS. The molecule has 0 radical (unpaired) electrons. The molecule has 2 aromatic rings. The summed E-state index contributed by atoms with van der Waals surface area (Å²) in [5.74, 6) is 0.291. The van der Waals surface area contributed by atoms with Crippen molar-refractivity contribution in [1.29, 1.82) is 0 Å². The van der Waals surface area contributed by atoms with Gasteiger partial charge in [-0.25, -0.2) is 9.97 Å². The molecule has 0 bridgehead atoms. The number of carbonyl (C=O) groups excluding carboxylic acids is 1. The first-order valence-corrected chi connectivity index (χ1v) is 9.38. The monoisotopic (exact) mass is 359 g/mol. The average molecular weight is 359 g/mol. The van der Waals surface area contributed by atoms with Crippen LogP contribution >= 0.6 is 11.8 Å². The predicted octanol–water partition coefficient (Wildman–Crippen LogP) is 3.77. The maximum Gasteiger partial charge on any atom is 0.256 e. The quantitative estimate of drug-likeness (QED) is 0.625. The number of hydrogen-bond donors (Lipinski definition) is 2. The van der Waals surface area contributed by atoms with Crippen molar-refractivity contribution in [2.75, 3.05) is 11.6 Å². The number of nitrogens with zero attached hydrogens (tertiary/aromatic N) is 3. The van der Waals surface area contributed by atoms with Crippen molar-refractivity contribution >= 4 is 29.2 Å². The predicted molar refractivity (Wildman–Crippen MR) is 103 cm³/mol. The van der Waals surface area contributed by atoms with Crippen molar-refractivity contribution in [1.82, 2.24) is 20.3 Å². The molecule has 1 amide bonds. The molecule has 25 heavy (non-hydrogen) atoms. The number of amides is 1. The second-order valence-electron chi connectivity index (χ2n) is 7.05. The van der Waals surface area contributed by atoms with E-state index in [4.69, 9.17) is 0 Å². The summed E-state index contributed by atoms with van der Waals surface area (Å²) in [6.07, 6.45) is 5.22. The van der Waals surface area contributed by atoms with Gasteiger partial charge in [-0.3, -0.25) is 9.78 Å². The third kappa shape index (κ3) is 5.16. The first-order valence-electron chi connectivity index (χ1n) is 8.16. The zero-order chi connectivity index (χ0) is 18.6. The first kappa shape index (κ1) is 19.2. The fourth-order valence-corrected chi connectivity index (χ4v) is 2.46. The highest BCUT2D eigenvalue weighted by atomic mass is 32.2. The number of nitrogens with one attached hydrogen (secondary N) is 2. The topological polar surface area (TPSA) is 79.8 Å². The number of aromatic nitrogens is 3. The van der Waals surface area contributed by atoms with Gasteiger partial charge < -0.3 is 10.6 Å². The molecule has 2 rings (SSSR count). The Hall–Kier alpha value is -2.15. The van der Waals surface area contributed by atoms with Gasteiger partial charge in [0.25, 0.3) is 5.91 Å². The minimum absolute atomic E-state index is 0.0361. The number of thioether (sulfide) groups is 1. The van der Waals surface area contributed by atoms with Gasteiger partial charge in [0.15, 0.2) is 5.16 Å². The smallest absolute Gasteiger partial charge is 0.256 e. The lowest BCUT2D eigenvalue weighted by molar-refractivity contribution is 0.0943. The molecule has 0 aliphatic rings. The summed E-state index contributed by atoms with van der Waals surface area (Å²) in [6.45, 7) is 10.2. The van der Waals surface area contributed by atoms with Crippen molar-refractivity contribution in [3.8, 4) is 0 Å². The molecule has 0 spiro atoms. The van der Waals surface area contributed by atoms with E-state index in [1.165, 1.54) is 11.8 Å². The highest BCUT2D eigenvalue weighted by Crippen LogP contribution is 2.25. The molecular weight excluding hydrogens is 334 g/mol. The van der Waals surface area contributed by atoms with Crippen LogP contribution in [0.2, 0.25) is 0 Å². The summed E-state index contributed by atoms with van der Waals surface area (Å²) in [5, 5.41) is 6.73. The average Bonchev–Trinajstić information content (AvgIpc) is 2.53. The Morgan fingerprint density at radius 2 is 1.96 bits per heavy atom. The van der Waals surface area contributed by atoms with E-state index in [0.717, 1.165) is 11.4 Å². The third-order valence-corrected chi connectivity index (χ3v) is 3.97. The molecule has 0 aliphatic heterocycles. The number of hydrogen-bond acceptors (Lipinski definition) is 6. The summed E-state index contributed by atoms with van der Waals surface area (Å²) < 4.78 is 0. The summed E-state index contributed by atoms with van der Waals surface area (Å²) in [4.78, 5) is 25.6. The zero-order valence-corrected chi connectivity index (χ0v) is 16.4. The van der Waals surface area contributed by atoms with Gasteiger partial charge in [0.05, 0.1) is 0 Å². The van der Waals surface area contributed by atoms with Gasteiger partial charge in [0, 0.05) is 35.2 Å². The molecule has 2 heterocycles. The summed E-state index contributed by atoms with van der Waals surface area (Å²) in [7, 11) is 0. The largest absolute Gasteiger partial charge is 0.350 e. The van der Waals surface area contributed by atoms with Crippen molar-refractivity contribution in [3.05, 3.63) is 35.8 Å². The Kier molecular flexibility index (Phi) is 6.00. The number of anilines is 2. The molecule has 0 unspecified atom stereocenters. The van der Waals surface area contributed by atoms with Crippen molar-refractivity contribution < 1.29 is 4.79 Å². The minimum atomic E-state index is -0.199. The highest BCUT2D eigenvalue weighted by molar-refractivity contribution is 7.98. The van der Waals surface area contributed by atoms with E-state index in [-0.39, 0.29) is 17.4 Å². The van der Waals surface area contributed by atoms with Gasteiger partial charge in [-0.05, 0) is 32.2 Å². The lowest BCUT2D eigenvalue weighted by Gasteiger charge is -2.19. The molecule has 2 aromatic heterocycles. The van der Waals surface area contributed by atoms with Gasteiger partial charge in [0.1, 0.15) is 11.4 Å². The highest BCUT2D eigenvalue weighted by Gasteiger charge is 2.18. The maximum atomic E-state index is 12.4. The molecule has 0 saturated carbocycles. The van der Waals surface area contributed by atoms with Crippen LogP contribution < -0.4 is 10.6 Å². The van der Waals surface area contributed by atoms with Crippen LogP contribution in [0.4, 0.5) is 11.5 Å². The van der Waals surface area contributed by atoms with Crippen LogP contribution in [0, 0.1) is 0 Å². The van der Waals surface area contributed by atoms with Gasteiger partial charge >= 0.3 is 0 Å². The number of carbonyl (C=O) groups is 1. The molecule has 0 saturated heterocycles. The minimum Gasteiger partial charge on any atom is -0.350 e. The molecule has 7 heteroatoms. The van der Waals surface area contributed by atoms with Crippen LogP contribution in [-0.2, 0) is 5.41 Å². The van der Waals surface area contributed by atoms with E-state index in [1.54, 1.807) is 12.4 Å². The van der Waals surface area contributed by atoms with E-state index < -0.39 is 0 Å². The van der Waals surface area contributed by atoms with Gasteiger partial charge in [-0.2, -0.15) is 0 Å². The number of pyridine rings is 1. The fourth-order valence-electron chi connectivity index (χ4n) is 2.12. The van der Waals surface area contributed by atoms with Crippen LogP contribution in [0.15, 0.2) is 29.7 Å². The Bertz CT molecular complexity index is 755. The standard InChI is InChI=1S/C18H25N5OS/c1-11(2)21-16(24)13-10-20-17(25-6)23-15(13)22-12-7-8-19-14(9-12)18(3,4)5/h7-11H,1-6H3,(H,21,24)(H,19,20,22,23). The van der Waals surface area contributed by atoms with Crippen molar-refractivity contribution in [2.45, 2.75) is 51.2 Å². The van der Waals surface area contributed by atoms with E-state index in [2.05, 4.69) is 46.4 Å². The Labute approximate surface area is 153 Å². The van der Waals surface area contributed by atoms with Crippen LogP contribution in [0.25, 0.3) is 0 Å². The van der Waals surface area contributed by atoms with Crippen molar-refractivity contribution in [2.24, 2.45) is 0 Å². The lowest BCUT2D eigenvalue weighted by atomic mass is 9.91.